The van der Waals surface area contributed by atoms with Gasteiger partial charge in [0.15, 0.2) is 7.28 Å². The molecule has 1 N–H and O–H groups in total. The number of hydrogen-bond donors (Lipinski definition) is 1. The van der Waals surface area contributed by atoms with Gasteiger partial charge >= 0.3 is 0 Å². The van der Waals surface area contributed by atoms with E-state index in [1.54, 1.807) is 0 Å². The molecule has 0 atom stereocenters. The SMILES string of the molecule is CC(C)(C)c1ccc(Nc2cc3c(cc2-c2ccc4c5cc6sc7ccccc7c6cc5n5c4c2[B]c2cc4c(cc2-5)sc2ccccc24)C(C)(C)CCC3(C)C)cc1. The minimum absolute atomic E-state index is 0.0686. The maximum absolute atomic E-state index is 4.00. The van der Waals surface area contributed by atoms with Crippen LogP contribution in [0.2, 0.25) is 0 Å². The van der Waals surface area contributed by atoms with Crippen molar-refractivity contribution >= 4 is 114 Å². The molecule has 4 heterocycles. The van der Waals surface area contributed by atoms with E-state index in [0.717, 1.165) is 5.69 Å². The highest BCUT2D eigenvalue weighted by Crippen LogP contribution is 2.50. The molecule has 7 aromatic carbocycles. The molecule has 0 spiro atoms. The number of rotatable bonds is 3. The lowest BCUT2D eigenvalue weighted by Gasteiger charge is -2.42. The lowest BCUT2D eigenvalue weighted by molar-refractivity contribution is 0.332. The third-order valence-electron chi connectivity index (χ3n) is 13.8. The number of thiophene rings is 2. The number of nitrogens with one attached hydrogen (secondary N) is 1. The van der Waals surface area contributed by atoms with Crippen molar-refractivity contribution in [2.45, 2.75) is 77.6 Å². The monoisotopic (exact) mass is 797 g/mol. The summed E-state index contributed by atoms with van der Waals surface area (Å²) in [4.78, 5) is 0. The molecular weight excluding hydrogens is 752 g/mol. The summed E-state index contributed by atoms with van der Waals surface area (Å²) >= 11 is 3.81. The smallest absolute Gasteiger partial charge is 0.197 e. The van der Waals surface area contributed by atoms with Crippen LogP contribution in [0.5, 0.6) is 0 Å². The second-order valence-electron chi connectivity index (χ2n) is 19.5. The fourth-order valence-corrected chi connectivity index (χ4v) is 12.6. The van der Waals surface area contributed by atoms with E-state index in [1.165, 1.54) is 125 Å². The van der Waals surface area contributed by atoms with Gasteiger partial charge in [0.1, 0.15) is 0 Å². The van der Waals surface area contributed by atoms with Crippen molar-refractivity contribution in [3.8, 4) is 16.8 Å². The van der Waals surface area contributed by atoms with Gasteiger partial charge in [-0.3, -0.25) is 0 Å². The highest BCUT2D eigenvalue weighted by molar-refractivity contribution is 7.26. The zero-order valence-electron chi connectivity index (χ0n) is 34.8. The van der Waals surface area contributed by atoms with Crippen LogP contribution in [0.1, 0.15) is 78.0 Å². The molecule has 3 aromatic heterocycles. The average Bonchev–Trinajstić information content (AvgIpc) is 3.87. The molecule has 59 heavy (non-hydrogen) atoms. The summed E-state index contributed by atoms with van der Waals surface area (Å²) in [6.45, 7) is 16.6. The first kappa shape index (κ1) is 35.6. The van der Waals surface area contributed by atoms with Crippen molar-refractivity contribution < 1.29 is 0 Å². The normalized spacial score (nSPS) is 15.6. The van der Waals surface area contributed by atoms with Gasteiger partial charge in [0.2, 0.25) is 0 Å². The number of aromatic nitrogens is 1. The number of hydrogen-bond acceptors (Lipinski definition) is 3. The number of nitrogens with zero attached hydrogens (tertiary/aromatic N) is 1. The number of fused-ring (bicyclic) bond motifs is 12. The minimum Gasteiger partial charge on any atom is -0.355 e. The summed E-state index contributed by atoms with van der Waals surface area (Å²) < 4.78 is 7.96. The van der Waals surface area contributed by atoms with Crippen LogP contribution in [0, 0.1) is 0 Å². The zero-order valence-corrected chi connectivity index (χ0v) is 36.4. The molecule has 0 bridgehead atoms. The molecule has 0 unspecified atom stereocenters. The van der Waals surface area contributed by atoms with Gasteiger partial charge in [-0.15, -0.1) is 22.7 Å². The van der Waals surface area contributed by atoms with E-state index < -0.39 is 0 Å². The van der Waals surface area contributed by atoms with E-state index in [0.29, 0.717) is 0 Å². The Morgan fingerprint density at radius 2 is 1.20 bits per heavy atom. The van der Waals surface area contributed by atoms with Gasteiger partial charge < -0.3 is 9.88 Å². The van der Waals surface area contributed by atoms with Crippen LogP contribution in [0.4, 0.5) is 11.4 Å². The summed E-state index contributed by atoms with van der Waals surface area (Å²) in [5.74, 6) is 0. The van der Waals surface area contributed by atoms with Gasteiger partial charge in [-0.25, -0.2) is 0 Å². The van der Waals surface area contributed by atoms with Crippen molar-refractivity contribution in [1.29, 1.82) is 0 Å². The molecule has 2 nitrogen and oxygen atoms in total. The molecule has 1 aliphatic carbocycles. The fourth-order valence-electron chi connectivity index (χ4n) is 10.4. The van der Waals surface area contributed by atoms with Crippen LogP contribution in [-0.2, 0) is 16.2 Å². The first-order valence-electron chi connectivity index (χ1n) is 21.1. The number of anilines is 2. The Bertz CT molecular complexity index is 3420. The van der Waals surface area contributed by atoms with E-state index >= 15 is 0 Å². The summed E-state index contributed by atoms with van der Waals surface area (Å²) in [6.07, 6.45) is 2.34. The lowest BCUT2D eigenvalue weighted by atomic mass is 9.58. The van der Waals surface area contributed by atoms with Gasteiger partial charge in [-0.05, 0) is 117 Å². The maximum atomic E-state index is 4.00. The van der Waals surface area contributed by atoms with E-state index in [4.69, 9.17) is 0 Å². The Kier molecular flexibility index (Phi) is 7.31. The van der Waals surface area contributed by atoms with Crippen molar-refractivity contribution in [3.05, 3.63) is 138 Å². The molecular formula is C54H46BN2S2. The Hall–Kier alpha value is -5.36. The van der Waals surface area contributed by atoms with Crippen molar-refractivity contribution in [2.75, 3.05) is 5.32 Å². The molecule has 287 valence electrons. The third-order valence-corrected chi connectivity index (χ3v) is 16.1. The van der Waals surface area contributed by atoms with Crippen molar-refractivity contribution in [3.63, 3.8) is 0 Å². The van der Waals surface area contributed by atoms with E-state index in [-0.39, 0.29) is 16.2 Å². The van der Waals surface area contributed by atoms with Crippen LogP contribution in [0.25, 0.3) is 79.0 Å². The predicted octanol–water partition coefficient (Wildman–Crippen LogP) is 14.5. The van der Waals surface area contributed by atoms with Crippen LogP contribution >= 0.6 is 22.7 Å². The van der Waals surface area contributed by atoms with Crippen LogP contribution in [0.15, 0.2) is 121 Å². The largest absolute Gasteiger partial charge is 0.355 e. The highest BCUT2D eigenvalue weighted by atomic mass is 32.1. The van der Waals surface area contributed by atoms with Gasteiger partial charge in [-0.2, -0.15) is 0 Å². The molecule has 0 amide bonds. The second kappa shape index (κ2) is 12.1. The average molecular weight is 798 g/mol. The van der Waals surface area contributed by atoms with Gasteiger partial charge in [0.05, 0.1) is 5.52 Å². The van der Waals surface area contributed by atoms with Crippen LogP contribution in [0.3, 0.4) is 0 Å². The quantitative estimate of drug-likeness (QED) is 0.176. The molecule has 5 heteroatoms. The van der Waals surface area contributed by atoms with Gasteiger partial charge in [0.25, 0.3) is 0 Å². The summed E-state index contributed by atoms with van der Waals surface area (Å²) in [5.41, 5.74) is 15.7. The van der Waals surface area contributed by atoms with Crippen molar-refractivity contribution in [1.82, 2.24) is 4.57 Å². The number of benzene rings is 7. The maximum Gasteiger partial charge on any atom is 0.197 e. The molecule has 2 aliphatic rings. The van der Waals surface area contributed by atoms with Crippen molar-refractivity contribution in [2.24, 2.45) is 0 Å². The fraction of sp³-hybridized carbons (Fsp3) is 0.222. The molecule has 0 fully saturated rings. The zero-order chi connectivity index (χ0) is 40.2. The molecule has 12 rings (SSSR count). The Labute approximate surface area is 354 Å². The molecule has 0 saturated carbocycles. The first-order chi connectivity index (χ1) is 28.3. The van der Waals surface area contributed by atoms with Gasteiger partial charge in [0, 0.05) is 73.9 Å². The van der Waals surface area contributed by atoms with Crippen LogP contribution in [-0.4, -0.2) is 11.8 Å². The van der Waals surface area contributed by atoms with E-state index in [2.05, 4.69) is 187 Å². The Balaban J connectivity index is 1.16. The summed E-state index contributed by atoms with van der Waals surface area (Å²) in [7, 11) is 2.51. The predicted molar refractivity (Wildman–Crippen MR) is 261 cm³/mol. The Morgan fingerprint density at radius 1 is 0.576 bits per heavy atom. The Morgan fingerprint density at radius 3 is 1.88 bits per heavy atom. The molecule has 1 aliphatic heterocycles. The van der Waals surface area contributed by atoms with Crippen LogP contribution < -0.4 is 16.2 Å². The topological polar surface area (TPSA) is 17.0 Å². The van der Waals surface area contributed by atoms with Gasteiger partial charge in [-0.1, -0.05) is 121 Å². The lowest BCUT2D eigenvalue weighted by Crippen LogP contribution is -2.37. The molecule has 0 saturated heterocycles. The summed E-state index contributed by atoms with van der Waals surface area (Å²) in [5, 5.41) is 12.0. The molecule has 1 radical (unpaired) electrons. The first-order valence-corrected chi connectivity index (χ1v) is 22.8. The summed E-state index contributed by atoms with van der Waals surface area (Å²) in [6, 6.07) is 46.7. The highest BCUT2D eigenvalue weighted by Gasteiger charge is 2.38. The molecule has 10 aromatic rings. The third kappa shape index (κ3) is 5.23. The second-order valence-corrected chi connectivity index (χ2v) is 21.7. The standard InChI is InChI=1S/C54H46BN2S2/c1-52(2,3)30-16-18-31(19-17-30)56-43-28-41-40(53(4,5)22-23-54(41,6)7)24-36(43)34-20-21-35-37-27-48-39(33-13-9-11-15-47(33)58-48)26-44(37)57-45-29-49-38(25-42(45)55-50(34)51(35)57)32-12-8-10-14-46(32)59-49/h8-21,24-29,56H,22-23H2,1-7H3. The van der Waals surface area contributed by atoms with E-state index in [9.17, 15) is 0 Å². The van der Waals surface area contributed by atoms with E-state index in [1.807, 2.05) is 22.7 Å². The minimum atomic E-state index is 0.0686.